The fraction of sp³-hybridized carbons (Fsp3) is 0.432. The van der Waals surface area contributed by atoms with Crippen molar-refractivity contribution in [3.8, 4) is 17.3 Å². The lowest BCUT2D eigenvalue weighted by Crippen LogP contribution is -2.49. The molecule has 0 bridgehead atoms. The number of carbonyl (C=O) groups excluding carboxylic acids is 2. The summed E-state index contributed by atoms with van der Waals surface area (Å²) in [6, 6.07) is 0.357. The monoisotopic (exact) mass is 829 g/mol. The predicted octanol–water partition coefficient (Wildman–Crippen LogP) is 7.14. The number of benzene rings is 1. The van der Waals surface area contributed by atoms with Gasteiger partial charge in [-0.25, -0.2) is 36.7 Å². The van der Waals surface area contributed by atoms with Crippen molar-refractivity contribution in [2.45, 2.75) is 57.3 Å². The van der Waals surface area contributed by atoms with E-state index in [1.54, 1.807) is 31.1 Å². The molecule has 3 aliphatic heterocycles. The minimum absolute atomic E-state index is 0.0321. The highest BCUT2D eigenvalue weighted by atomic mass is 32.1. The average Bonchev–Trinajstić information content (AvgIpc) is 3.96. The topological polar surface area (TPSA) is 139 Å². The summed E-state index contributed by atoms with van der Waals surface area (Å²) in [5.41, 5.74) is -3.03. The van der Waals surface area contributed by atoms with Gasteiger partial charge in [-0.3, -0.25) is 20.0 Å². The number of carbonyl (C=O) groups is 2. The van der Waals surface area contributed by atoms with Crippen LogP contribution in [0.5, 0.6) is 6.01 Å². The van der Waals surface area contributed by atoms with E-state index in [0.717, 1.165) is 12.5 Å². The second-order valence-corrected chi connectivity index (χ2v) is 17.0. The Labute approximate surface area is 330 Å². The molecule has 8 rings (SSSR count). The van der Waals surface area contributed by atoms with Crippen LogP contribution in [-0.4, -0.2) is 110 Å². The molecule has 300 valence electrons. The normalized spacial score (nSPS) is 20.4. The Kier molecular flexibility index (Phi) is 10.2. The number of hydrogen-bond acceptors (Lipinski definition) is 13. The zero-order valence-corrected chi connectivity index (χ0v) is 32.6. The van der Waals surface area contributed by atoms with Crippen LogP contribution in [0.1, 0.15) is 45.0 Å². The molecule has 5 aromatic rings. The van der Waals surface area contributed by atoms with Crippen molar-refractivity contribution < 1.29 is 41.0 Å². The molecule has 3 saturated heterocycles. The highest BCUT2D eigenvalue weighted by Crippen LogP contribution is 2.42. The molecule has 1 unspecified atom stereocenters. The average molecular weight is 830 g/mol. The number of nitrogens with one attached hydrogen (secondary N) is 1. The number of alkyl halides is 1. The number of fused-ring (bicyclic) bond motifs is 3. The number of ether oxygens (including phenoxy) is 2. The van der Waals surface area contributed by atoms with Crippen LogP contribution >= 0.6 is 22.7 Å². The second-order valence-electron chi connectivity index (χ2n) is 15.1. The largest absolute Gasteiger partial charge is 0.461 e. The number of nitrogens with zero attached hydrogens (tertiary/aromatic N) is 8. The number of amides is 2. The molecule has 7 heterocycles. The summed E-state index contributed by atoms with van der Waals surface area (Å²) >= 11 is 1.89. The summed E-state index contributed by atoms with van der Waals surface area (Å²) < 4.78 is 88.5. The van der Waals surface area contributed by atoms with Crippen LogP contribution in [0.4, 0.5) is 37.7 Å². The van der Waals surface area contributed by atoms with Crippen LogP contribution in [0, 0.1) is 17.5 Å². The standard InChI is InChI=1S/C37H36F5N9O4S2/c1-36(2,3)55-35(53)48-34-46-29-25(21(39)13-22(40)30(29)57-34)28-26(42)27-20(16-44-28)31(47-33(45-27)54-18-37-5-4-7-51(37)17-19(38)15-37)49-8-10-50(11-9-49)32(52)23(41)14-24-43-6-12-56-24/h6,12-14,16,19H,4-5,7-11,15,17-18H2,1-3H3,(H,46,48,53)/b23-14-/t19-,37?/m1/s1. The molecule has 3 aliphatic rings. The quantitative estimate of drug-likeness (QED) is 0.126. The van der Waals surface area contributed by atoms with Crippen LogP contribution in [0.25, 0.3) is 38.5 Å². The van der Waals surface area contributed by atoms with Crippen LogP contribution in [0.3, 0.4) is 0 Å². The molecule has 13 nitrogen and oxygen atoms in total. The number of piperazine rings is 1. The Morgan fingerprint density at radius 3 is 2.58 bits per heavy atom. The molecule has 20 heteroatoms. The zero-order chi connectivity index (χ0) is 40.2. The number of anilines is 2. The van der Waals surface area contributed by atoms with Crippen molar-refractivity contribution in [2.75, 3.05) is 56.1 Å². The Morgan fingerprint density at radius 1 is 1.05 bits per heavy atom. The Morgan fingerprint density at radius 2 is 1.84 bits per heavy atom. The molecule has 2 amide bonds. The smallest absolute Gasteiger partial charge is 0.413 e. The predicted molar refractivity (Wildman–Crippen MR) is 204 cm³/mol. The first-order valence-electron chi connectivity index (χ1n) is 18.2. The molecule has 4 aromatic heterocycles. The maximum atomic E-state index is 16.9. The van der Waals surface area contributed by atoms with E-state index >= 15 is 13.2 Å². The number of hydrogen-bond donors (Lipinski definition) is 1. The molecule has 0 spiro atoms. The van der Waals surface area contributed by atoms with Crippen LogP contribution in [0.2, 0.25) is 0 Å². The molecule has 0 aliphatic carbocycles. The fourth-order valence-electron chi connectivity index (χ4n) is 7.58. The molecule has 0 saturated carbocycles. The van der Waals surface area contributed by atoms with Gasteiger partial charge < -0.3 is 19.3 Å². The Balaban J connectivity index is 1.15. The third-order valence-corrected chi connectivity index (χ3v) is 11.8. The van der Waals surface area contributed by atoms with Gasteiger partial charge in [0.15, 0.2) is 16.8 Å². The molecular weight excluding hydrogens is 794 g/mol. The zero-order valence-electron chi connectivity index (χ0n) is 31.0. The van der Waals surface area contributed by atoms with Crippen LogP contribution < -0.4 is 15.0 Å². The number of aromatic nitrogens is 5. The molecule has 0 radical (unpaired) electrons. The highest BCUT2D eigenvalue weighted by Gasteiger charge is 2.49. The number of pyridine rings is 1. The van der Waals surface area contributed by atoms with Gasteiger partial charge in [0.25, 0.3) is 5.91 Å². The van der Waals surface area contributed by atoms with Gasteiger partial charge in [0.2, 0.25) is 0 Å². The Hall–Kier alpha value is -5.08. The third kappa shape index (κ3) is 7.69. The first-order chi connectivity index (χ1) is 27.2. The van der Waals surface area contributed by atoms with Gasteiger partial charge in [0, 0.05) is 69.1 Å². The van der Waals surface area contributed by atoms with Crippen LogP contribution in [0.15, 0.2) is 29.7 Å². The summed E-state index contributed by atoms with van der Waals surface area (Å²) in [5.74, 6) is -4.81. The van der Waals surface area contributed by atoms with E-state index in [9.17, 15) is 18.4 Å². The van der Waals surface area contributed by atoms with Gasteiger partial charge in [0.05, 0.1) is 26.7 Å². The molecule has 57 heavy (non-hydrogen) atoms. The summed E-state index contributed by atoms with van der Waals surface area (Å²) in [6.07, 6.45) is 3.74. The van der Waals surface area contributed by atoms with E-state index in [1.807, 2.05) is 4.90 Å². The van der Waals surface area contributed by atoms with Crippen molar-refractivity contribution in [3.05, 3.63) is 52.1 Å². The van der Waals surface area contributed by atoms with E-state index in [4.69, 9.17) is 9.47 Å². The minimum Gasteiger partial charge on any atom is -0.461 e. The molecular formula is C37H36F5N9O4S2. The molecule has 3 fully saturated rings. The van der Waals surface area contributed by atoms with Gasteiger partial charge in [-0.1, -0.05) is 11.3 Å². The van der Waals surface area contributed by atoms with Crippen molar-refractivity contribution in [1.29, 1.82) is 0 Å². The third-order valence-electron chi connectivity index (χ3n) is 10.1. The number of thiazole rings is 2. The number of halogens is 5. The van der Waals surface area contributed by atoms with Crippen LogP contribution in [-0.2, 0) is 9.53 Å². The summed E-state index contributed by atoms with van der Waals surface area (Å²) in [4.78, 5) is 52.1. The van der Waals surface area contributed by atoms with E-state index in [1.165, 1.54) is 28.6 Å². The summed E-state index contributed by atoms with van der Waals surface area (Å²) in [6.45, 7) is 6.48. The van der Waals surface area contributed by atoms with Crippen molar-refractivity contribution in [2.24, 2.45) is 0 Å². The maximum Gasteiger partial charge on any atom is 0.413 e. The first kappa shape index (κ1) is 38.8. The van der Waals surface area contributed by atoms with Gasteiger partial charge in [0.1, 0.15) is 52.1 Å². The summed E-state index contributed by atoms with van der Waals surface area (Å²) in [5, 5.41) is 4.43. The minimum atomic E-state index is -1.16. The SMILES string of the molecule is CC(C)(C)OC(=O)Nc1nc2c(-c3ncc4c(N5CCN(C(=O)/C(F)=C/c6nccs6)CC5)nc(OCC56CCCN5C[C@H](F)C6)nc4c3F)c(F)cc(F)c2s1. The maximum absolute atomic E-state index is 16.9. The lowest BCUT2D eigenvalue weighted by Gasteiger charge is -2.35. The van der Waals surface area contributed by atoms with E-state index in [-0.39, 0.29) is 83.8 Å². The molecule has 1 aromatic carbocycles. The lowest BCUT2D eigenvalue weighted by molar-refractivity contribution is -0.128. The van der Waals surface area contributed by atoms with E-state index < -0.39 is 63.8 Å². The molecule has 2 atom stereocenters. The van der Waals surface area contributed by atoms with Crippen molar-refractivity contribution in [1.82, 2.24) is 34.7 Å². The van der Waals surface area contributed by atoms with E-state index in [2.05, 4.69) is 30.2 Å². The van der Waals surface area contributed by atoms with Gasteiger partial charge in [-0.2, -0.15) is 9.97 Å². The van der Waals surface area contributed by atoms with Crippen molar-refractivity contribution in [3.63, 3.8) is 0 Å². The summed E-state index contributed by atoms with van der Waals surface area (Å²) in [7, 11) is 0. The van der Waals surface area contributed by atoms with Gasteiger partial charge in [-0.15, -0.1) is 11.3 Å². The van der Waals surface area contributed by atoms with Gasteiger partial charge in [-0.05, 0) is 40.2 Å². The lowest BCUT2D eigenvalue weighted by atomic mass is 9.95. The second kappa shape index (κ2) is 15.0. The molecule has 1 N–H and O–H groups in total. The Bertz CT molecular complexity index is 2400. The highest BCUT2D eigenvalue weighted by molar-refractivity contribution is 7.22. The van der Waals surface area contributed by atoms with Crippen molar-refractivity contribution >= 4 is 72.8 Å². The van der Waals surface area contributed by atoms with Gasteiger partial charge >= 0.3 is 12.1 Å². The first-order valence-corrected chi connectivity index (χ1v) is 19.9. The van der Waals surface area contributed by atoms with E-state index in [0.29, 0.717) is 35.4 Å². The fourth-order valence-corrected chi connectivity index (χ4v) is 9.00. The number of rotatable bonds is 8.